The van der Waals surface area contributed by atoms with Gasteiger partial charge >= 0.3 is 0 Å². The molecule has 0 radical (unpaired) electrons. The zero-order chi connectivity index (χ0) is 12.3. The number of non-ortho nitro benzene ring substituents is 1. The van der Waals surface area contributed by atoms with E-state index in [1.807, 2.05) is 0 Å². The van der Waals surface area contributed by atoms with Crippen molar-refractivity contribution in [1.29, 1.82) is 0 Å². The molecule has 0 spiro atoms. The monoisotopic (exact) mass is 293 g/mol. The van der Waals surface area contributed by atoms with Gasteiger partial charge in [-0.15, -0.1) is 0 Å². The van der Waals surface area contributed by atoms with E-state index in [1.54, 1.807) is 0 Å². The standard InChI is InChI=1S/C9H9BrFNO4/c10-4-8(13)9(14)6-3-5(12(15)16)1-2-7(6)11/h1-3,8-9,13-14H,4H2. The first kappa shape index (κ1) is 13.0. The summed E-state index contributed by atoms with van der Waals surface area (Å²) in [4.78, 5) is 9.76. The van der Waals surface area contributed by atoms with Crippen LogP contribution < -0.4 is 0 Å². The Labute approximate surface area is 98.8 Å². The number of nitrogens with zero attached hydrogens (tertiary/aromatic N) is 1. The van der Waals surface area contributed by atoms with Crippen molar-refractivity contribution in [2.75, 3.05) is 5.33 Å². The summed E-state index contributed by atoms with van der Waals surface area (Å²) in [6.45, 7) is 0. The van der Waals surface area contributed by atoms with Gasteiger partial charge < -0.3 is 10.2 Å². The molecule has 0 amide bonds. The molecule has 0 saturated carbocycles. The van der Waals surface area contributed by atoms with Crippen LogP contribution in [0.5, 0.6) is 0 Å². The third kappa shape index (κ3) is 2.75. The average molecular weight is 294 g/mol. The second-order valence-corrected chi connectivity index (χ2v) is 3.78. The highest BCUT2D eigenvalue weighted by atomic mass is 79.9. The van der Waals surface area contributed by atoms with E-state index < -0.39 is 22.9 Å². The zero-order valence-electron chi connectivity index (χ0n) is 8.01. The predicted molar refractivity (Wildman–Crippen MR) is 57.8 cm³/mol. The van der Waals surface area contributed by atoms with Crippen LogP contribution >= 0.6 is 15.9 Å². The topological polar surface area (TPSA) is 83.6 Å². The molecule has 0 aliphatic carbocycles. The Hall–Kier alpha value is -1.05. The minimum Gasteiger partial charge on any atom is -0.389 e. The first-order valence-electron chi connectivity index (χ1n) is 4.33. The van der Waals surface area contributed by atoms with Gasteiger partial charge in [0.2, 0.25) is 0 Å². The Bertz CT molecular complexity index is 401. The van der Waals surface area contributed by atoms with Crippen LogP contribution in [0.1, 0.15) is 11.7 Å². The first-order chi connectivity index (χ1) is 7.47. The Kier molecular flexibility index (Phi) is 4.34. The largest absolute Gasteiger partial charge is 0.389 e. The molecule has 88 valence electrons. The number of nitro benzene ring substituents is 1. The molecule has 2 atom stereocenters. The minimum atomic E-state index is -1.50. The van der Waals surface area contributed by atoms with Crippen LogP contribution in [0, 0.1) is 15.9 Å². The summed E-state index contributed by atoms with van der Waals surface area (Å²) in [6, 6.07) is 2.79. The Morgan fingerprint density at radius 1 is 1.50 bits per heavy atom. The van der Waals surface area contributed by atoms with Gasteiger partial charge in [-0.2, -0.15) is 0 Å². The van der Waals surface area contributed by atoms with Gasteiger partial charge in [0.15, 0.2) is 0 Å². The van der Waals surface area contributed by atoms with E-state index in [0.29, 0.717) is 0 Å². The number of nitro groups is 1. The maximum absolute atomic E-state index is 13.3. The van der Waals surface area contributed by atoms with Gasteiger partial charge in [-0.1, -0.05) is 15.9 Å². The van der Waals surface area contributed by atoms with E-state index in [9.17, 15) is 24.7 Å². The van der Waals surface area contributed by atoms with Gasteiger partial charge in [-0.25, -0.2) is 4.39 Å². The number of benzene rings is 1. The Balaban J connectivity index is 3.11. The van der Waals surface area contributed by atoms with E-state index in [4.69, 9.17) is 0 Å². The van der Waals surface area contributed by atoms with Crippen molar-refractivity contribution in [3.8, 4) is 0 Å². The van der Waals surface area contributed by atoms with Crippen LogP contribution in [0.4, 0.5) is 10.1 Å². The molecule has 16 heavy (non-hydrogen) atoms. The van der Waals surface area contributed by atoms with E-state index in [2.05, 4.69) is 15.9 Å². The summed E-state index contributed by atoms with van der Waals surface area (Å²) in [6.07, 6.45) is -2.73. The summed E-state index contributed by atoms with van der Waals surface area (Å²) < 4.78 is 13.3. The highest BCUT2D eigenvalue weighted by Gasteiger charge is 2.23. The second-order valence-electron chi connectivity index (χ2n) is 3.13. The van der Waals surface area contributed by atoms with E-state index in [0.717, 1.165) is 18.2 Å². The lowest BCUT2D eigenvalue weighted by Gasteiger charge is -2.16. The van der Waals surface area contributed by atoms with E-state index in [1.165, 1.54) is 0 Å². The first-order valence-corrected chi connectivity index (χ1v) is 5.45. The Morgan fingerprint density at radius 2 is 2.12 bits per heavy atom. The number of hydrogen-bond acceptors (Lipinski definition) is 4. The van der Waals surface area contributed by atoms with Crippen LogP contribution in [-0.4, -0.2) is 26.6 Å². The summed E-state index contributed by atoms with van der Waals surface area (Å²) in [5.41, 5.74) is -0.627. The van der Waals surface area contributed by atoms with Crippen molar-refractivity contribution < 1.29 is 19.5 Å². The summed E-state index contributed by atoms with van der Waals surface area (Å²) >= 11 is 2.92. The summed E-state index contributed by atoms with van der Waals surface area (Å²) in [5.74, 6) is -0.793. The molecule has 0 heterocycles. The highest BCUT2D eigenvalue weighted by Crippen LogP contribution is 2.25. The second kappa shape index (κ2) is 5.33. The zero-order valence-corrected chi connectivity index (χ0v) is 9.59. The lowest BCUT2D eigenvalue weighted by Crippen LogP contribution is -2.20. The van der Waals surface area contributed by atoms with Crippen LogP contribution in [0.3, 0.4) is 0 Å². The number of rotatable bonds is 4. The number of aliphatic hydroxyl groups is 2. The fourth-order valence-electron chi connectivity index (χ4n) is 1.16. The number of aliphatic hydroxyl groups excluding tert-OH is 2. The van der Waals surface area contributed by atoms with Crippen molar-refractivity contribution in [1.82, 2.24) is 0 Å². The van der Waals surface area contributed by atoms with Crippen molar-refractivity contribution in [3.63, 3.8) is 0 Å². The normalized spacial score (nSPS) is 14.5. The summed E-state index contributed by atoms with van der Waals surface area (Å²) in [7, 11) is 0. The number of halogens is 2. The van der Waals surface area contributed by atoms with Gasteiger partial charge in [0.05, 0.1) is 11.0 Å². The molecule has 2 N–H and O–H groups in total. The minimum absolute atomic E-state index is 0.0380. The van der Waals surface area contributed by atoms with Gasteiger partial charge in [-0.05, 0) is 6.07 Å². The molecular weight excluding hydrogens is 285 g/mol. The molecule has 7 heteroatoms. The third-order valence-corrected chi connectivity index (χ3v) is 2.69. The van der Waals surface area contributed by atoms with Gasteiger partial charge in [-0.3, -0.25) is 10.1 Å². The molecule has 0 fully saturated rings. The van der Waals surface area contributed by atoms with Crippen LogP contribution in [0.15, 0.2) is 18.2 Å². The molecule has 5 nitrogen and oxygen atoms in total. The molecule has 0 aliphatic rings. The molecule has 1 aromatic rings. The number of alkyl halides is 1. The van der Waals surface area contributed by atoms with Crippen molar-refractivity contribution in [2.24, 2.45) is 0 Å². The molecule has 0 bridgehead atoms. The number of hydrogen-bond donors (Lipinski definition) is 2. The SMILES string of the molecule is O=[N+]([O-])c1ccc(F)c(C(O)C(O)CBr)c1. The predicted octanol–water partition coefficient (Wildman–Crippen LogP) is 1.52. The van der Waals surface area contributed by atoms with Crippen molar-refractivity contribution in [3.05, 3.63) is 39.7 Å². The Morgan fingerprint density at radius 3 is 2.62 bits per heavy atom. The molecule has 0 aliphatic heterocycles. The van der Waals surface area contributed by atoms with Crippen molar-refractivity contribution in [2.45, 2.75) is 12.2 Å². The van der Waals surface area contributed by atoms with Gasteiger partial charge in [0.1, 0.15) is 11.9 Å². The molecule has 0 aromatic heterocycles. The smallest absolute Gasteiger partial charge is 0.270 e. The van der Waals surface area contributed by atoms with Crippen molar-refractivity contribution >= 4 is 21.6 Å². The molecule has 1 aromatic carbocycles. The highest BCUT2D eigenvalue weighted by molar-refractivity contribution is 9.09. The lowest BCUT2D eigenvalue weighted by atomic mass is 10.0. The third-order valence-electron chi connectivity index (χ3n) is 2.03. The van der Waals surface area contributed by atoms with Crippen LogP contribution in [0.25, 0.3) is 0 Å². The summed E-state index contributed by atoms with van der Waals surface area (Å²) in [5, 5.41) is 29.3. The molecule has 0 saturated heterocycles. The fourth-order valence-corrected chi connectivity index (χ4v) is 1.52. The van der Waals surface area contributed by atoms with E-state index >= 15 is 0 Å². The van der Waals surface area contributed by atoms with Crippen LogP contribution in [0.2, 0.25) is 0 Å². The molecule has 2 unspecified atom stereocenters. The van der Waals surface area contributed by atoms with Gasteiger partial charge in [0, 0.05) is 23.0 Å². The molecule has 1 rings (SSSR count). The lowest BCUT2D eigenvalue weighted by molar-refractivity contribution is -0.385. The van der Waals surface area contributed by atoms with Crippen LogP contribution in [-0.2, 0) is 0 Å². The average Bonchev–Trinajstić information content (AvgIpc) is 2.27. The maximum atomic E-state index is 13.3. The van der Waals surface area contributed by atoms with Gasteiger partial charge in [0.25, 0.3) is 5.69 Å². The maximum Gasteiger partial charge on any atom is 0.270 e. The van der Waals surface area contributed by atoms with E-state index in [-0.39, 0.29) is 16.6 Å². The molecular formula is C9H9BrFNO4. The fraction of sp³-hybridized carbons (Fsp3) is 0.333. The quantitative estimate of drug-likeness (QED) is 0.501.